The van der Waals surface area contributed by atoms with Crippen LogP contribution in [0.5, 0.6) is 0 Å². The first-order chi connectivity index (χ1) is 13.1. The van der Waals surface area contributed by atoms with Gasteiger partial charge in [-0.05, 0) is 37.5 Å². The van der Waals surface area contributed by atoms with Crippen LogP contribution >= 0.6 is 0 Å². The number of nitrogens with two attached hydrogens (primary N) is 1. The molecule has 1 saturated heterocycles. The van der Waals surface area contributed by atoms with Gasteiger partial charge in [-0.3, -0.25) is 9.59 Å². The highest BCUT2D eigenvalue weighted by atomic mass is 16.2. The van der Waals surface area contributed by atoms with Crippen LogP contribution in [-0.4, -0.2) is 35.8 Å². The van der Waals surface area contributed by atoms with Gasteiger partial charge in [0.1, 0.15) is 0 Å². The van der Waals surface area contributed by atoms with Crippen LogP contribution in [0.3, 0.4) is 0 Å². The molecule has 0 aliphatic carbocycles. The van der Waals surface area contributed by atoms with Gasteiger partial charge in [-0.2, -0.15) is 0 Å². The summed E-state index contributed by atoms with van der Waals surface area (Å²) in [7, 11) is 0. The van der Waals surface area contributed by atoms with Crippen molar-refractivity contribution in [3.63, 3.8) is 0 Å². The van der Waals surface area contributed by atoms with E-state index < -0.39 is 0 Å². The third-order valence-electron chi connectivity index (χ3n) is 5.17. The monoisotopic (exact) mass is 365 g/mol. The topological polar surface area (TPSA) is 75.4 Å². The van der Waals surface area contributed by atoms with Crippen molar-refractivity contribution in [3.05, 3.63) is 71.3 Å². The summed E-state index contributed by atoms with van der Waals surface area (Å²) in [5.74, 6) is -0.130. The Morgan fingerprint density at radius 2 is 1.85 bits per heavy atom. The standard InChI is InChI=1S/C22H27N3O2/c1-16-9-11-18(12-10-16)22(27)24-20(17-6-3-2-4-7-17)14-21(26)25-13-5-8-19(25)15-23/h2-4,6-7,9-12,19-20H,5,8,13-15,23H2,1H3,(H,24,27). The molecule has 2 atom stereocenters. The second kappa shape index (κ2) is 8.82. The van der Waals surface area contributed by atoms with E-state index in [4.69, 9.17) is 5.73 Å². The molecule has 2 aromatic rings. The van der Waals surface area contributed by atoms with Crippen molar-refractivity contribution in [2.75, 3.05) is 13.1 Å². The van der Waals surface area contributed by atoms with Crippen LogP contribution < -0.4 is 11.1 Å². The van der Waals surface area contributed by atoms with Gasteiger partial charge in [0.15, 0.2) is 0 Å². The quantitative estimate of drug-likeness (QED) is 0.826. The fourth-order valence-corrected chi connectivity index (χ4v) is 3.59. The number of rotatable bonds is 6. The van der Waals surface area contributed by atoms with Gasteiger partial charge in [-0.15, -0.1) is 0 Å². The third-order valence-corrected chi connectivity index (χ3v) is 5.17. The van der Waals surface area contributed by atoms with Gasteiger partial charge in [0.25, 0.3) is 5.91 Å². The number of amides is 2. The summed E-state index contributed by atoms with van der Waals surface area (Å²) < 4.78 is 0. The number of hydrogen-bond acceptors (Lipinski definition) is 3. The molecule has 1 heterocycles. The van der Waals surface area contributed by atoms with Gasteiger partial charge in [0, 0.05) is 24.7 Å². The molecule has 3 rings (SSSR count). The van der Waals surface area contributed by atoms with Crippen molar-refractivity contribution in [2.45, 2.75) is 38.3 Å². The number of hydrogen-bond donors (Lipinski definition) is 2. The first-order valence-corrected chi connectivity index (χ1v) is 9.50. The summed E-state index contributed by atoms with van der Waals surface area (Å²) in [5.41, 5.74) is 8.43. The van der Waals surface area contributed by atoms with E-state index in [2.05, 4.69) is 5.32 Å². The van der Waals surface area contributed by atoms with E-state index >= 15 is 0 Å². The zero-order valence-corrected chi connectivity index (χ0v) is 15.7. The number of nitrogens with zero attached hydrogens (tertiary/aromatic N) is 1. The van der Waals surface area contributed by atoms with Crippen LogP contribution in [0.2, 0.25) is 0 Å². The molecule has 0 radical (unpaired) electrons. The number of benzene rings is 2. The van der Waals surface area contributed by atoms with Crippen molar-refractivity contribution >= 4 is 11.8 Å². The molecule has 3 N–H and O–H groups in total. The summed E-state index contributed by atoms with van der Waals surface area (Å²) in [4.78, 5) is 27.5. The lowest BCUT2D eigenvalue weighted by Gasteiger charge is -2.26. The number of carbonyl (C=O) groups is 2. The largest absolute Gasteiger partial charge is 0.345 e. The zero-order valence-electron chi connectivity index (χ0n) is 15.7. The van der Waals surface area contributed by atoms with Gasteiger partial charge < -0.3 is 16.0 Å². The summed E-state index contributed by atoms with van der Waals surface area (Å²) in [5, 5.41) is 3.04. The van der Waals surface area contributed by atoms with Gasteiger partial charge in [0.05, 0.1) is 12.5 Å². The van der Waals surface area contributed by atoms with Crippen LogP contribution in [0.4, 0.5) is 0 Å². The van der Waals surface area contributed by atoms with Crippen molar-refractivity contribution in [3.8, 4) is 0 Å². The Hall–Kier alpha value is -2.66. The highest BCUT2D eigenvalue weighted by Crippen LogP contribution is 2.23. The molecule has 27 heavy (non-hydrogen) atoms. The molecule has 2 aromatic carbocycles. The van der Waals surface area contributed by atoms with Crippen molar-refractivity contribution in [1.29, 1.82) is 0 Å². The predicted molar refractivity (Wildman–Crippen MR) is 106 cm³/mol. The molecule has 0 aromatic heterocycles. The minimum atomic E-state index is -0.369. The third kappa shape index (κ3) is 4.74. The number of likely N-dealkylation sites (tertiary alicyclic amines) is 1. The van der Waals surface area contributed by atoms with Gasteiger partial charge in [0.2, 0.25) is 5.91 Å². The average Bonchev–Trinajstić information content (AvgIpc) is 3.17. The maximum absolute atomic E-state index is 12.9. The van der Waals surface area contributed by atoms with Gasteiger partial charge in [-0.25, -0.2) is 0 Å². The highest BCUT2D eigenvalue weighted by Gasteiger charge is 2.30. The highest BCUT2D eigenvalue weighted by molar-refractivity contribution is 5.94. The molecule has 5 nitrogen and oxygen atoms in total. The molecular weight excluding hydrogens is 338 g/mol. The zero-order chi connectivity index (χ0) is 19.2. The molecule has 1 aliphatic heterocycles. The first-order valence-electron chi connectivity index (χ1n) is 9.50. The molecule has 0 spiro atoms. The van der Waals surface area contributed by atoms with Crippen LogP contribution in [0.25, 0.3) is 0 Å². The molecule has 0 bridgehead atoms. The van der Waals surface area contributed by atoms with Crippen molar-refractivity contribution < 1.29 is 9.59 Å². The Labute approximate surface area is 160 Å². The Morgan fingerprint density at radius 1 is 1.15 bits per heavy atom. The van der Waals surface area contributed by atoms with E-state index in [1.807, 2.05) is 54.3 Å². The van der Waals surface area contributed by atoms with Crippen LogP contribution in [0.1, 0.15) is 46.8 Å². The smallest absolute Gasteiger partial charge is 0.251 e. The SMILES string of the molecule is Cc1ccc(C(=O)NC(CC(=O)N2CCCC2CN)c2ccccc2)cc1. The maximum atomic E-state index is 12.9. The molecule has 2 amide bonds. The summed E-state index contributed by atoms with van der Waals surface area (Å²) in [6.07, 6.45) is 2.17. The van der Waals surface area contributed by atoms with E-state index in [0.717, 1.165) is 30.5 Å². The van der Waals surface area contributed by atoms with Gasteiger partial charge in [-0.1, -0.05) is 48.0 Å². The Kier molecular flexibility index (Phi) is 6.24. The second-order valence-corrected chi connectivity index (χ2v) is 7.13. The normalized spacial score (nSPS) is 17.6. The van der Waals surface area contributed by atoms with Crippen LogP contribution in [0, 0.1) is 6.92 Å². The minimum absolute atomic E-state index is 0.0426. The maximum Gasteiger partial charge on any atom is 0.251 e. The fourth-order valence-electron chi connectivity index (χ4n) is 3.59. The lowest BCUT2D eigenvalue weighted by atomic mass is 10.0. The van der Waals surface area contributed by atoms with Crippen molar-refractivity contribution in [2.24, 2.45) is 5.73 Å². The molecule has 5 heteroatoms. The van der Waals surface area contributed by atoms with Crippen LogP contribution in [0.15, 0.2) is 54.6 Å². The fraction of sp³-hybridized carbons (Fsp3) is 0.364. The Bertz CT molecular complexity index is 774. The molecule has 2 unspecified atom stereocenters. The Balaban J connectivity index is 1.76. The van der Waals surface area contributed by atoms with E-state index in [0.29, 0.717) is 12.1 Å². The average molecular weight is 365 g/mol. The summed E-state index contributed by atoms with van der Waals surface area (Å²) in [6, 6.07) is 16.8. The Morgan fingerprint density at radius 3 is 2.52 bits per heavy atom. The molecular formula is C22H27N3O2. The van der Waals surface area contributed by atoms with E-state index in [-0.39, 0.29) is 30.3 Å². The number of nitrogens with one attached hydrogen (secondary N) is 1. The first kappa shape index (κ1) is 19.1. The molecule has 142 valence electrons. The van der Waals surface area contributed by atoms with E-state index in [1.165, 1.54) is 0 Å². The predicted octanol–water partition coefficient (Wildman–Crippen LogP) is 2.81. The van der Waals surface area contributed by atoms with E-state index in [1.54, 1.807) is 12.1 Å². The van der Waals surface area contributed by atoms with Crippen LogP contribution in [-0.2, 0) is 4.79 Å². The summed E-state index contributed by atoms with van der Waals surface area (Å²) in [6.45, 7) is 3.21. The number of carbonyl (C=O) groups excluding carboxylic acids is 2. The molecule has 1 aliphatic rings. The molecule has 0 saturated carbocycles. The second-order valence-electron chi connectivity index (χ2n) is 7.13. The van der Waals surface area contributed by atoms with Crippen molar-refractivity contribution in [1.82, 2.24) is 10.2 Å². The lowest BCUT2D eigenvalue weighted by Crippen LogP contribution is -2.42. The molecule has 1 fully saturated rings. The summed E-state index contributed by atoms with van der Waals surface area (Å²) >= 11 is 0. The number of aryl methyl sites for hydroxylation is 1. The van der Waals surface area contributed by atoms with Gasteiger partial charge >= 0.3 is 0 Å². The lowest BCUT2D eigenvalue weighted by molar-refractivity contribution is -0.132. The minimum Gasteiger partial charge on any atom is -0.345 e. The van der Waals surface area contributed by atoms with E-state index in [9.17, 15) is 9.59 Å².